The molecule has 1 aliphatic heterocycles. The third-order valence-corrected chi connectivity index (χ3v) is 4.67. The topological polar surface area (TPSA) is 58.6 Å². The summed E-state index contributed by atoms with van der Waals surface area (Å²) in [5.41, 5.74) is 0.782. The maximum atomic E-state index is 12.5. The third kappa shape index (κ3) is 5.48. The minimum absolute atomic E-state index is 0.0131. The Balaban J connectivity index is 1.89. The molecule has 1 aromatic rings. The van der Waals surface area contributed by atoms with Crippen LogP contribution in [-0.4, -0.2) is 31.5 Å². The highest BCUT2D eigenvalue weighted by Crippen LogP contribution is 2.28. The quantitative estimate of drug-likeness (QED) is 0.785. The van der Waals surface area contributed by atoms with Gasteiger partial charge in [0.05, 0.1) is 13.0 Å². The van der Waals surface area contributed by atoms with E-state index in [9.17, 15) is 9.59 Å². The Labute approximate surface area is 150 Å². The average molecular weight is 346 g/mol. The number of rotatable bonds is 8. The number of hydrogen-bond donors (Lipinski definition) is 1. The molecule has 1 N–H and O–H groups in total. The van der Waals surface area contributed by atoms with Gasteiger partial charge in [-0.25, -0.2) is 0 Å². The predicted molar refractivity (Wildman–Crippen MR) is 99.7 cm³/mol. The molecular weight excluding hydrogens is 316 g/mol. The molecule has 1 fully saturated rings. The molecule has 0 spiro atoms. The van der Waals surface area contributed by atoms with Crippen molar-refractivity contribution in [3.8, 4) is 5.75 Å². The second kappa shape index (κ2) is 8.88. The van der Waals surface area contributed by atoms with Crippen LogP contribution in [0.15, 0.2) is 24.3 Å². The van der Waals surface area contributed by atoms with Gasteiger partial charge in [-0.2, -0.15) is 0 Å². The zero-order valence-electron chi connectivity index (χ0n) is 15.7. The summed E-state index contributed by atoms with van der Waals surface area (Å²) in [5.74, 6) is 1.08. The fraction of sp³-hybridized carbons (Fsp3) is 0.600. The van der Waals surface area contributed by atoms with Crippen molar-refractivity contribution in [2.24, 2.45) is 11.8 Å². The van der Waals surface area contributed by atoms with Crippen molar-refractivity contribution >= 4 is 17.5 Å². The smallest absolute Gasteiger partial charge is 0.227 e. The van der Waals surface area contributed by atoms with Crippen molar-refractivity contribution in [3.05, 3.63) is 24.3 Å². The largest absolute Gasteiger partial charge is 0.497 e. The Bertz CT molecular complexity index is 600. The first-order valence-electron chi connectivity index (χ1n) is 9.15. The predicted octanol–water partition coefficient (Wildman–Crippen LogP) is 3.38. The molecule has 25 heavy (non-hydrogen) atoms. The van der Waals surface area contributed by atoms with Crippen molar-refractivity contribution in [2.75, 3.05) is 18.6 Å². The summed E-state index contributed by atoms with van der Waals surface area (Å²) in [6.45, 7) is 6.88. The SMILES string of the molecule is COc1cccc(N2CC(C(=O)NC(C)CCCC(C)C)CC2=O)c1. The summed E-state index contributed by atoms with van der Waals surface area (Å²) < 4.78 is 5.21. The maximum absolute atomic E-state index is 12.5. The van der Waals surface area contributed by atoms with Gasteiger partial charge in [0.25, 0.3) is 0 Å². The number of anilines is 1. The number of benzene rings is 1. The second-order valence-corrected chi connectivity index (χ2v) is 7.34. The molecule has 0 aliphatic carbocycles. The normalized spacial score (nSPS) is 18.5. The second-order valence-electron chi connectivity index (χ2n) is 7.34. The first-order chi connectivity index (χ1) is 11.9. The van der Waals surface area contributed by atoms with Crippen LogP contribution in [-0.2, 0) is 9.59 Å². The summed E-state index contributed by atoms with van der Waals surface area (Å²) in [6, 6.07) is 7.54. The molecule has 0 radical (unpaired) electrons. The molecule has 5 nitrogen and oxygen atoms in total. The number of nitrogens with zero attached hydrogens (tertiary/aromatic N) is 1. The summed E-state index contributed by atoms with van der Waals surface area (Å²) >= 11 is 0. The highest BCUT2D eigenvalue weighted by molar-refractivity contribution is 6.00. The Hall–Kier alpha value is -2.04. The number of methoxy groups -OCH3 is 1. The lowest BCUT2D eigenvalue weighted by atomic mass is 10.0. The van der Waals surface area contributed by atoms with Crippen LogP contribution in [0.5, 0.6) is 5.75 Å². The van der Waals surface area contributed by atoms with Crippen LogP contribution in [0, 0.1) is 11.8 Å². The zero-order valence-corrected chi connectivity index (χ0v) is 15.7. The lowest BCUT2D eigenvalue weighted by Crippen LogP contribution is -2.38. The molecule has 1 aromatic carbocycles. The van der Waals surface area contributed by atoms with Gasteiger partial charge in [-0.3, -0.25) is 9.59 Å². The Kier molecular flexibility index (Phi) is 6.85. The van der Waals surface area contributed by atoms with E-state index in [1.165, 1.54) is 6.42 Å². The minimum atomic E-state index is -0.286. The molecule has 2 unspecified atom stereocenters. The lowest BCUT2D eigenvalue weighted by molar-refractivity contribution is -0.126. The van der Waals surface area contributed by atoms with E-state index >= 15 is 0 Å². The number of nitrogens with one attached hydrogen (secondary N) is 1. The van der Waals surface area contributed by atoms with Gasteiger partial charge in [-0.1, -0.05) is 32.8 Å². The van der Waals surface area contributed by atoms with Crippen LogP contribution in [0.3, 0.4) is 0 Å². The highest BCUT2D eigenvalue weighted by Gasteiger charge is 2.35. The van der Waals surface area contributed by atoms with Gasteiger partial charge in [0.15, 0.2) is 0 Å². The average Bonchev–Trinajstić information content (AvgIpc) is 2.96. The van der Waals surface area contributed by atoms with Crippen molar-refractivity contribution in [2.45, 2.75) is 52.5 Å². The highest BCUT2D eigenvalue weighted by atomic mass is 16.5. The molecule has 1 saturated heterocycles. The van der Waals surface area contributed by atoms with E-state index in [0.29, 0.717) is 18.2 Å². The van der Waals surface area contributed by atoms with Gasteiger partial charge in [0.2, 0.25) is 11.8 Å². The summed E-state index contributed by atoms with van der Waals surface area (Å²) in [7, 11) is 1.60. The van der Waals surface area contributed by atoms with E-state index in [2.05, 4.69) is 19.2 Å². The van der Waals surface area contributed by atoms with E-state index < -0.39 is 0 Å². The molecule has 0 bridgehead atoms. The fourth-order valence-corrected chi connectivity index (χ4v) is 3.18. The number of ether oxygens (including phenoxy) is 1. The molecular formula is C20H30N2O3. The first kappa shape index (κ1) is 19.3. The van der Waals surface area contributed by atoms with Crippen molar-refractivity contribution in [1.29, 1.82) is 0 Å². The fourth-order valence-electron chi connectivity index (χ4n) is 3.18. The number of carbonyl (C=O) groups is 2. The lowest BCUT2D eigenvalue weighted by Gasteiger charge is -2.19. The molecule has 138 valence electrons. The van der Waals surface area contributed by atoms with Gasteiger partial charge in [0.1, 0.15) is 5.75 Å². The molecule has 2 amide bonds. The number of hydrogen-bond acceptors (Lipinski definition) is 3. The molecule has 0 saturated carbocycles. The number of amides is 2. The standard InChI is InChI=1S/C20H30N2O3/c1-14(2)7-5-8-15(3)21-20(24)16-11-19(23)22(13-16)17-9-6-10-18(12-17)25-4/h6,9-10,12,14-16H,5,7-8,11,13H2,1-4H3,(H,21,24). The van der Waals surface area contributed by atoms with Crippen molar-refractivity contribution in [1.82, 2.24) is 5.32 Å². The van der Waals surface area contributed by atoms with E-state index in [4.69, 9.17) is 4.74 Å². The van der Waals surface area contributed by atoms with Gasteiger partial charge in [0, 0.05) is 30.8 Å². The molecule has 2 atom stereocenters. The van der Waals surface area contributed by atoms with Gasteiger partial charge in [-0.15, -0.1) is 0 Å². The zero-order chi connectivity index (χ0) is 18.4. The molecule has 5 heteroatoms. The number of carbonyl (C=O) groups excluding carboxylic acids is 2. The van der Waals surface area contributed by atoms with E-state index in [1.807, 2.05) is 31.2 Å². The molecule has 1 heterocycles. The van der Waals surface area contributed by atoms with Crippen LogP contribution < -0.4 is 15.0 Å². The van der Waals surface area contributed by atoms with E-state index in [0.717, 1.165) is 18.5 Å². The van der Waals surface area contributed by atoms with Crippen LogP contribution >= 0.6 is 0 Å². The third-order valence-electron chi connectivity index (χ3n) is 4.67. The first-order valence-corrected chi connectivity index (χ1v) is 9.15. The monoisotopic (exact) mass is 346 g/mol. The van der Waals surface area contributed by atoms with Gasteiger partial charge < -0.3 is 15.0 Å². The van der Waals surface area contributed by atoms with Crippen molar-refractivity contribution in [3.63, 3.8) is 0 Å². The minimum Gasteiger partial charge on any atom is -0.497 e. The van der Waals surface area contributed by atoms with Crippen LogP contribution in [0.4, 0.5) is 5.69 Å². The van der Waals surface area contributed by atoms with Gasteiger partial charge >= 0.3 is 0 Å². The molecule has 0 aromatic heterocycles. The van der Waals surface area contributed by atoms with Crippen LogP contribution in [0.25, 0.3) is 0 Å². The molecule has 1 aliphatic rings. The van der Waals surface area contributed by atoms with E-state index in [-0.39, 0.29) is 30.2 Å². The molecule has 2 rings (SSSR count). The van der Waals surface area contributed by atoms with Crippen molar-refractivity contribution < 1.29 is 14.3 Å². The van der Waals surface area contributed by atoms with E-state index in [1.54, 1.807) is 12.0 Å². The Morgan fingerprint density at radius 3 is 2.76 bits per heavy atom. The maximum Gasteiger partial charge on any atom is 0.227 e. The summed E-state index contributed by atoms with van der Waals surface area (Å²) in [4.78, 5) is 26.5. The summed E-state index contributed by atoms with van der Waals surface area (Å²) in [6.07, 6.45) is 3.52. The summed E-state index contributed by atoms with van der Waals surface area (Å²) in [5, 5.41) is 3.07. The van der Waals surface area contributed by atoms with Crippen LogP contribution in [0.1, 0.15) is 46.5 Å². The van der Waals surface area contributed by atoms with Crippen LogP contribution in [0.2, 0.25) is 0 Å². The van der Waals surface area contributed by atoms with Gasteiger partial charge in [-0.05, 0) is 31.4 Å². The Morgan fingerprint density at radius 1 is 1.32 bits per heavy atom. The Morgan fingerprint density at radius 2 is 2.08 bits per heavy atom.